The second-order valence-corrected chi connectivity index (χ2v) is 30.7. The van der Waals surface area contributed by atoms with E-state index >= 15 is 0 Å². The van der Waals surface area contributed by atoms with Crippen molar-refractivity contribution in [3.63, 3.8) is 0 Å². The van der Waals surface area contributed by atoms with Gasteiger partial charge in [-0.15, -0.1) is 0 Å². The van der Waals surface area contributed by atoms with Crippen molar-refractivity contribution in [1.82, 2.24) is 58.6 Å². The molecule has 0 amide bonds. The SMILES string of the molecule is c1ccc(-c2cccc(-c3nc(-c4cccc5oc6ccccc6c45)nc(-n4c5ccccc5c5ccccc54)n3)c2)cc1.c1ccc(-c2nc(-c3ccc4oc5ccccc5c4c3)nc(-n3c4ccccc4c4ccccc43)n2)cc1.c1ccc2cc(-c3nc(-c4cccc5oc6ccccc6c45)nc(-n4c5ccccc5c5ccccc54)n3)ccc2c1. The Balaban J connectivity index is 0.000000105. The van der Waals surface area contributed by atoms with Crippen LogP contribution in [-0.2, 0) is 0 Å². The number of aromatic nitrogens is 12. The Labute approximate surface area is 707 Å². The van der Waals surface area contributed by atoms with E-state index in [9.17, 15) is 0 Å². The van der Waals surface area contributed by atoms with Crippen LogP contribution in [0.4, 0.5) is 0 Å². The van der Waals surface area contributed by atoms with Crippen molar-refractivity contribution in [1.29, 1.82) is 0 Å². The molecule has 0 aliphatic rings. The third-order valence-corrected chi connectivity index (χ3v) is 23.4. The molecule has 0 unspecified atom stereocenters. The molecule has 0 N–H and O–H groups in total. The highest BCUT2D eigenvalue weighted by Crippen LogP contribution is 2.43. The van der Waals surface area contributed by atoms with Gasteiger partial charge in [0.2, 0.25) is 17.8 Å². The van der Waals surface area contributed by atoms with Crippen LogP contribution in [0.2, 0.25) is 0 Å². The summed E-state index contributed by atoms with van der Waals surface area (Å²) in [6.45, 7) is 0. The van der Waals surface area contributed by atoms with E-state index in [1.54, 1.807) is 0 Å². The zero-order chi connectivity index (χ0) is 81.7. The maximum Gasteiger partial charge on any atom is 0.238 e. The minimum atomic E-state index is 0.567. The third kappa shape index (κ3) is 12.2. The number of hydrogen-bond acceptors (Lipinski definition) is 12. The molecule has 17 aromatic carbocycles. The summed E-state index contributed by atoms with van der Waals surface area (Å²) in [5.41, 5.74) is 19.0. The van der Waals surface area contributed by atoms with Gasteiger partial charge in [-0.05, 0) is 119 Å². The molecular weight excluding hydrogens is 1530 g/mol. The van der Waals surface area contributed by atoms with Gasteiger partial charge in [0.1, 0.15) is 33.5 Å². The molecule has 0 fully saturated rings. The first-order chi connectivity index (χ1) is 61.5. The Kier molecular flexibility index (Phi) is 16.8. The molecule has 124 heavy (non-hydrogen) atoms. The van der Waals surface area contributed by atoms with E-state index in [0.717, 1.165) is 181 Å². The summed E-state index contributed by atoms with van der Waals surface area (Å²) in [6, 6.07) is 136. The molecule has 0 atom stereocenters. The lowest BCUT2D eigenvalue weighted by molar-refractivity contribution is 0.668. The molecule has 0 spiro atoms. The zero-order valence-corrected chi connectivity index (χ0v) is 66.2. The Morgan fingerprint density at radius 3 is 0.927 bits per heavy atom. The van der Waals surface area contributed by atoms with Crippen molar-refractivity contribution in [2.45, 2.75) is 0 Å². The largest absolute Gasteiger partial charge is 0.456 e. The van der Waals surface area contributed by atoms with Crippen molar-refractivity contribution < 1.29 is 13.3 Å². The quantitative estimate of drug-likeness (QED) is 0.127. The van der Waals surface area contributed by atoms with Gasteiger partial charge in [0.05, 0.1) is 33.1 Å². The molecule has 580 valence electrons. The van der Waals surface area contributed by atoms with Gasteiger partial charge in [-0.2, -0.15) is 29.9 Å². The molecule has 9 heterocycles. The smallest absolute Gasteiger partial charge is 0.238 e. The molecule has 0 bridgehead atoms. The Morgan fingerprint density at radius 2 is 0.460 bits per heavy atom. The lowest BCUT2D eigenvalue weighted by Gasteiger charge is -2.12. The van der Waals surface area contributed by atoms with E-state index < -0.39 is 0 Å². The van der Waals surface area contributed by atoms with Crippen LogP contribution < -0.4 is 0 Å². The summed E-state index contributed by atoms with van der Waals surface area (Å²) in [7, 11) is 0. The molecule has 26 aromatic rings. The van der Waals surface area contributed by atoms with Crippen LogP contribution in [0.5, 0.6) is 0 Å². The summed E-state index contributed by atoms with van der Waals surface area (Å²) < 4.78 is 24.9. The zero-order valence-electron chi connectivity index (χ0n) is 66.2. The highest BCUT2D eigenvalue weighted by Gasteiger charge is 2.26. The van der Waals surface area contributed by atoms with Crippen LogP contribution in [0.15, 0.2) is 414 Å². The van der Waals surface area contributed by atoms with E-state index in [2.05, 4.69) is 287 Å². The highest BCUT2D eigenvalue weighted by atomic mass is 16.3. The standard InChI is InChI=1S/C39H24N4O.C37H22N4O.C33H20N4O/c1-2-12-25(13-3-1)26-14-10-15-27(24-26)37-40-38(31-19-11-23-35-36(31)30-18-6-9-22-34(30)44-35)42-39(41-37)43-32-20-7-4-16-28(32)29-17-5-8-21-33(29)43;1-2-11-24-22-25(21-20-23(24)10-1)35-38-36(29-15-9-19-33-34(29)28-14-5-8-18-32(28)42-33)40-37(39-35)41-30-16-6-3-12-26(30)27-13-4-7-17-31(27)41;1-2-10-21(11-3-1)31-34-32(22-18-19-30-26(20-22)25-14-6-9-17-29(25)38-30)36-33(35-31)37-27-15-7-4-12-23(27)24-13-5-8-16-28(24)37/h1-24H;1-22H;1-20H. The number of nitrogens with zero attached hydrogens (tertiary/aromatic N) is 12. The van der Waals surface area contributed by atoms with Crippen molar-refractivity contribution in [2.24, 2.45) is 0 Å². The van der Waals surface area contributed by atoms with Crippen molar-refractivity contribution in [2.75, 3.05) is 0 Å². The van der Waals surface area contributed by atoms with Gasteiger partial charge < -0.3 is 13.3 Å². The summed E-state index contributed by atoms with van der Waals surface area (Å²) in [4.78, 5) is 45.9. The number of benzene rings is 17. The lowest BCUT2D eigenvalue weighted by Crippen LogP contribution is -2.06. The molecule has 0 aliphatic carbocycles. The molecule has 0 saturated carbocycles. The Bertz CT molecular complexity index is 8580. The fourth-order valence-corrected chi connectivity index (χ4v) is 17.7. The van der Waals surface area contributed by atoms with Crippen LogP contribution in [0, 0.1) is 0 Å². The molecule has 0 radical (unpaired) electrons. The van der Waals surface area contributed by atoms with Gasteiger partial charge in [0.15, 0.2) is 34.9 Å². The van der Waals surface area contributed by atoms with Gasteiger partial charge in [-0.25, -0.2) is 15.0 Å². The van der Waals surface area contributed by atoms with E-state index in [1.807, 2.05) is 127 Å². The maximum absolute atomic E-state index is 6.24. The molecule has 9 aromatic heterocycles. The number of hydrogen-bond donors (Lipinski definition) is 0. The minimum Gasteiger partial charge on any atom is -0.456 e. The van der Waals surface area contributed by atoms with Crippen LogP contribution >= 0.6 is 0 Å². The fraction of sp³-hybridized carbons (Fsp3) is 0. The van der Waals surface area contributed by atoms with Crippen molar-refractivity contribution in [3.8, 4) is 97.3 Å². The molecule has 15 heteroatoms. The molecule has 0 saturated heterocycles. The first-order valence-corrected chi connectivity index (χ1v) is 41.1. The number of para-hydroxylation sites is 9. The highest BCUT2D eigenvalue weighted by molar-refractivity contribution is 6.15. The van der Waals surface area contributed by atoms with Crippen LogP contribution in [0.25, 0.3) is 239 Å². The predicted octanol–water partition coefficient (Wildman–Crippen LogP) is 27.4. The first kappa shape index (κ1) is 71.0. The Morgan fingerprint density at radius 1 is 0.161 bits per heavy atom. The molecule has 15 nitrogen and oxygen atoms in total. The van der Waals surface area contributed by atoms with Crippen LogP contribution in [-0.4, -0.2) is 58.6 Å². The first-order valence-electron chi connectivity index (χ1n) is 41.1. The average molecular weight is 1590 g/mol. The maximum atomic E-state index is 6.24. The van der Waals surface area contributed by atoms with Crippen molar-refractivity contribution >= 4 is 142 Å². The summed E-state index contributed by atoms with van der Waals surface area (Å²) in [5.74, 6) is 5.39. The third-order valence-electron chi connectivity index (χ3n) is 23.4. The lowest BCUT2D eigenvalue weighted by atomic mass is 10.0. The second kappa shape index (κ2) is 29.4. The number of rotatable bonds is 10. The van der Waals surface area contributed by atoms with E-state index in [4.69, 9.17) is 58.1 Å². The summed E-state index contributed by atoms with van der Waals surface area (Å²) in [5, 5.41) is 15.4. The van der Waals surface area contributed by atoms with Gasteiger partial charge in [0, 0.05) is 98.0 Å². The van der Waals surface area contributed by atoms with Gasteiger partial charge >= 0.3 is 0 Å². The molecule has 0 aliphatic heterocycles. The summed E-state index contributed by atoms with van der Waals surface area (Å²) >= 11 is 0. The van der Waals surface area contributed by atoms with Crippen LogP contribution in [0.1, 0.15) is 0 Å². The summed E-state index contributed by atoms with van der Waals surface area (Å²) in [6.07, 6.45) is 0. The minimum absolute atomic E-state index is 0.567. The van der Waals surface area contributed by atoms with E-state index in [0.29, 0.717) is 52.8 Å². The monoisotopic (exact) mass is 1590 g/mol. The molecule has 26 rings (SSSR count). The number of furan rings is 3. The topological polar surface area (TPSA) is 170 Å². The van der Waals surface area contributed by atoms with Gasteiger partial charge in [-0.3, -0.25) is 13.7 Å². The van der Waals surface area contributed by atoms with E-state index in [1.165, 1.54) is 5.39 Å². The van der Waals surface area contributed by atoms with E-state index in [-0.39, 0.29) is 0 Å². The fourth-order valence-electron chi connectivity index (χ4n) is 17.7. The van der Waals surface area contributed by atoms with Gasteiger partial charge in [0.25, 0.3) is 0 Å². The van der Waals surface area contributed by atoms with Crippen molar-refractivity contribution in [3.05, 3.63) is 400 Å². The van der Waals surface area contributed by atoms with Crippen LogP contribution in [0.3, 0.4) is 0 Å². The average Bonchev–Trinajstić information content (AvgIpc) is 1.59. The molecular formula is C109H66N12O3. The predicted molar refractivity (Wildman–Crippen MR) is 500 cm³/mol. The second-order valence-electron chi connectivity index (χ2n) is 30.7. The van der Waals surface area contributed by atoms with Gasteiger partial charge in [-0.1, -0.05) is 303 Å². The number of fused-ring (bicyclic) bond motifs is 19. The normalized spacial score (nSPS) is 11.7. The Hall–Kier alpha value is -17.2.